The van der Waals surface area contributed by atoms with Crippen LogP contribution in [0, 0.1) is 5.92 Å². The zero-order valence-electron chi connectivity index (χ0n) is 18.0. The van der Waals surface area contributed by atoms with E-state index in [0.29, 0.717) is 36.3 Å². The van der Waals surface area contributed by atoms with Gasteiger partial charge in [0, 0.05) is 13.1 Å². The van der Waals surface area contributed by atoms with E-state index in [4.69, 9.17) is 19.4 Å². The lowest BCUT2D eigenvalue weighted by Crippen LogP contribution is -2.41. The minimum atomic E-state index is -0.161. The second-order valence-corrected chi connectivity index (χ2v) is 7.66. The van der Waals surface area contributed by atoms with Crippen molar-refractivity contribution in [3.8, 4) is 11.6 Å². The molecule has 1 N–H and O–H groups in total. The Balaban J connectivity index is 1.56. The molecule has 0 saturated carbocycles. The number of ether oxygens (including phenoxy) is 2. The Morgan fingerprint density at radius 1 is 1.13 bits per heavy atom. The van der Waals surface area contributed by atoms with Crippen molar-refractivity contribution in [1.29, 1.82) is 0 Å². The van der Waals surface area contributed by atoms with E-state index in [-0.39, 0.29) is 11.8 Å². The van der Waals surface area contributed by atoms with E-state index in [0.717, 1.165) is 36.8 Å². The summed E-state index contributed by atoms with van der Waals surface area (Å²) in [6.07, 6.45) is 2.60. The first kappa shape index (κ1) is 20.9. The molecular weight excluding hydrogens is 392 g/mol. The van der Waals surface area contributed by atoms with Crippen LogP contribution in [-0.2, 0) is 4.79 Å². The number of methoxy groups -OCH3 is 1. The maximum absolute atomic E-state index is 13.0. The van der Waals surface area contributed by atoms with E-state index >= 15 is 0 Å². The second kappa shape index (κ2) is 9.64. The van der Waals surface area contributed by atoms with Gasteiger partial charge in [0.05, 0.1) is 36.4 Å². The highest BCUT2D eigenvalue weighted by Crippen LogP contribution is 2.32. The summed E-state index contributed by atoms with van der Waals surface area (Å²) in [6, 6.07) is 15.2. The van der Waals surface area contributed by atoms with Crippen LogP contribution in [0.5, 0.6) is 11.6 Å². The molecule has 2 aromatic carbocycles. The first-order valence-corrected chi connectivity index (χ1v) is 10.8. The molecule has 1 amide bonds. The molecule has 1 aliphatic rings. The minimum Gasteiger partial charge on any atom is -0.495 e. The van der Waals surface area contributed by atoms with Crippen LogP contribution in [0.25, 0.3) is 11.0 Å². The fourth-order valence-electron chi connectivity index (χ4n) is 3.84. The number of aromatic nitrogens is 2. The number of rotatable bonds is 7. The predicted octanol–water partition coefficient (Wildman–Crippen LogP) is 4.28. The lowest BCUT2D eigenvalue weighted by atomic mass is 9.97. The SMILES string of the molecule is CCCOc1nc2ccccc2nc1N1CCC[C@H](C(=O)Nc2ccccc2OC)C1. The van der Waals surface area contributed by atoms with Crippen molar-refractivity contribution < 1.29 is 14.3 Å². The van der Waals surface area contributed by atoms with Crippen LogP contribution < -0.4 is 19.7 Å². The van der Waals surface area contributed by atoms with Gasteiger partial charge in [0.15, 0.2) is 5.82 Å². The summed E-state index contributed by atoms with van der Waals surface area (Å²) in [5.74, 6) is 1.72. The molecule has 1 aromatic heterocycles. The van der Waals surface area contributed by atoms with Crippen molar-refractivity contribution >= 4 is 28.4 Å². The van der Waals surface area contributed by atoms with E-state index in [1.807, 2.05) is 48.5 Å². The molecule has 7 heteroatoms. The Morgan fingerprint density at radius 3 is 2.65 bits per heavy atom. The molecule has 162 valence electrons. The second-order valence-electron chi connectivity index (χ2n) is 7.66. The van der Waals surface area contributed by atoms with Crippen molar-refractivity contribution in [1.82, 2.24) is 9.97 Å². The third-order valence-corrected chi connectivity index (χ3v) is 5.42. The molecule has 4 rings (SSSR count). The maximum atomic E-state index is 13.0. The van der Waals surface area contributed by atoms with Crippen LogP contribution in [0.2, 0.25) is 0 Å². The summed E-state index contributed by atoms with van der Waals surface area (Å²) in [7, 11) is 1.60. The van der Waals surface area contributed by atoms with Crippen molar-refractivity contribution in [2.24, 2.45) is 5.92 Å². The summed E-state index contributed by atoms with van der Waals surface area (Å²) in [5.41, 5.74) is 2.31. The highest BCUT2D eigenvalue weighted by atomic mass is 16.5. The zero-order valence-corrected chi connectivity index (χ0v) is 18.0. The molecule has 0 spiro atoms. The smallest absolute Gasteiger partial charge is 0.258 e. The Bertz CT molecular complexity index is 1060. The molecule has 7 nitrogen and oxygen atoms in total. The van der Waals surface area contributed by atoms with Crippen LogP contribution in [0.4, 0.5) is 11.5 Å². The van der Waals surface area contributed by atoms with Crippen LogP contribution >= 0.6 is 0 Å². The third kappa shape index (κ3) is 4.71. The van der Waals surface area contributed by atoms with Crippen LogP contribution in [0.1, 0.15) is 26.2 Å². The first-order valence-electron chi connectivity index (χ1n) is 10.8. The number of benzene rings is 2. The van der Waals surface area contributed by atoms with Crippen molar-refractivity contribution in [3.05, 3.63) is 48.5 Å². The Kier molecular flexibility index (Phi) is 6.50. The Morgan fingerprint density at radius 2 is 1.87 bits per heavy atom. The van der Waals surface area contributed by atoms with Gasteiger partial charge in [0.25, 0.3) is 5.88 Å². The van der Waals surface area contributed by atoms with Gasteiger partial charge in [0.2, 0.25) is 5.91 Å². The number of carbonyl (C=O) groups excluding carboxylic acids is 1. The molecule has 31 heavy (non-hydrogen) atoms. The molecule has 1 aliphatic heterocycles. The van der Waals surface area contributed by atoms with E-state index < -0.39 is 0 Å². The summed E-state index contributed by atoms with van der Waals surface area (Å²) < 4.78 is 11.3. The molecule has 1 saturated heterocycles. The van der Waals surface area contributed by atoms with Gasteiger partial charge in [-0.05, 0) is 43.5 Å². The molecule has 1 atom stereocenters. The van der Waals surface area contributed by atoms with Crippen LogP contribution in [0.15, 0.2) is 48.5 Å². The first-order chi connectivity index (χ1) is 15.2. The molecule has 0 bridgehead atoms. The van der Waals surface area contributed by atoms with Gasteiger partial charge < -0.3 is 19.7 Å². The van der Waals surface area contributed by atoms with E-state index in [1.165, 1.54) is 0 Å². The molecule has 0 unspecified atom stereocenters. The van der Waals surface area contributed by atoms with Gasteiger partial charge in [-0.25, -0.2) is 9.97 Å². The highest BCUT2D eigenvalue weighted by molar-refractivity contribution is 5.94. The number of anilines is 2. The predicted molar refractivity (Wildman–Crippen MR) is 122 cm³/mol. The van der Waals surface area contributed by atoms with E-state index in [1.54, 1.807) is 7.11 Å². The number of nitrogens with zero attached hydrogens (tertiary/aromatic N) is 3. The van der Waals surface area contributed by atoms with Gasteiger partial charge in [-0.3, -0.25) is 4.79 Å². The van der Waals surface area contributed by atoms with Gasteiger partial charge in [-0.1, -0.05) is 31.2 Å². The summed E-state index contributed by atoms with van der Waals surface area (Å²) in [4.78, 5) is 24.7. The standard InChI is InChI=1S/C24H28N4O3/c1-3-15-31-24-22(25-18-10-4-5-11-19(18)27-24)28-14-8-9-17(16-28)23(29)26-20-12-6-7-13-21(20)30-2/h4-7,10-13,17H,3,8-9,14-16H2,1-2H3,(H,26,29)/t17-/m0/s1. The number of hydrogen-bond donors (Lipinski definition) is 1. The van der Waals surface area contributed by atoms with Crippen molar-refractivity contribution in [2.75, 3.05) is 37.0 Å². The van der Waals surface area contributed by atoms with Crippen molar-refractivity contribution in [2.45, 2.75) is 26.2 Å². The summed E-state index contributed by atoms with van der Waals surface area (Å²) in [5, 5.41) is 3.02. The maximum Gasteiger partial charge on any atom is 0.258 e. The number of amides is 1. The summed E-state index contributed by atoms with van der Waals surface area (Å²) in [6.45, 7) is 4.02. The molecule has 2 heterocycles. The zero-order chi connectivity index (χ0) is 21.6. The van der Waals surface area contributed by atoms with Gasteiger partial charge in [-0.15, -0.1) is 0 Å². The largest absolute Gasteiger partial charge is 0.495 e. The lowest BCUT2D eigenvalue weighted by molar-refractivity contribution is -0.120. The monoisotopic (exact) mass is 420 g/mol. The average Bonchev–Trinajstić information content (AvgIpc) is 2.82. The van der Waals surface area contributed by atoms with E-state index in [2.05, 4.69) is 17.1 Å². The summed E-state index contributed by atoms with van der Waals surface area (Å²) >= 11 is 0. The lowest BCUT2D eigenvalue weighted by Gasteiger charge is -2.33. The molecular formula is C24H28N4O3. The topological polar surface area (TPSA) is 76.6 Å². The Hall–Kier alpha value is -3.35. The number of nitrogens with one attached hydrogen (secondary N) is 1. The quantitative estimate of drug-likeness (QED) is 0.615. The molecule has 1 fully saturated rings. The van der Waals surface area contributed by atoms with Gasteiger partial charge in [0.1, 0.15) is 5.75 Å². The van der Waals surface area contributed by atoms with Crippen molar-refractivity contribution in [3.63, 3.8) is 0 Å². The number of fused-ring (bicyclic) bond motifs is 1. The normalized spacial score (nSPS) is 16.2. The highest BCUT2D eigenvalue weighted by Gasteiger charge is 2.29. The molecule has 0 radical (unpaired) electrons. The average molecular weight is 421 g/mol. The third-order valence-electron chi connectivity index (χ3n) is 5.42. The number of carbonyl (C=O) groups is 1. The minimum absolute atomic E-state index is 0.0148. The Labute approximate surface area is 182 Å². The molecule has 0 aliphatic carbocycles. The fraction of sp³-hybridized carbons (Fsp3) is 0.375. The van der Waals surface area contributed by atoms with E-state index in [9.17, 15) is 4.79 Å². The number of hydrogen-bond acceptors (Lipinski definition) is 6. The van der Waals surface area contributed by atoms with Gasteiger partial charge in [-0.2, -0.15) is 0 Å². The fourth-order valence-corrected chi connectivity index (χ4v) is 3.84. The number of piperidine rings is 1. The van der Waals surface area contributed by atoms with Gasteiger partial charge >= 0.3 is 0 Å². The van der Waals surface area contributed by atoms with Crippen LogP contribution in [-0.4, -0.2) is 42.7 Å². The van der Waals surface area contributed by atoms with Crippen LogP contribution in [0.3, 0.4) is 0 Å². The number of para-hydroxylation sites is 4. The molecule has 3 aromatic rings.